The van der Waals surface area contributed by atoms with Crippen LogP contribution >= 0.6 is 0 Å². The lowest BCUT2D eigenvalue weighted by atomic mass is 10.1. The first-order chi connectivity index (χ1) is 12.6. The first-order valence-electron chi connectivity index (χ1n) is 8.48. The van der Waals surface area contributed by atoms with Crippen molar-refractivity contribution in [1.29, 1.82) is 0 Å². The monoisotopic (exact) mass is 370 g/mol. The number of carbonyl (C=O) groups excluding carboxylic acids is 1. The fourth-order valence-corrected chi connectivity index (χ4v) is 2.60. The summed E-state index contributed by atoms with van der Waals surface area (Å²) in [5, 5.41) is 2.78. The molecule has 0 unspecified atom stereocenters. The molecule has 0 aromatic heterocycles. The van der Waals surface area contributed by atoms with Crippen LogP contribution in [-0.2, 0) is 9.53 Å². The highest BCUT2D eigenvalue weighted by Crippen LogP contribution is 2.33. The van der Waals surface area contributed by atoms with Crippen molar-refractivity contribution in [2.75, 3.05) is 46.5 Å². The van der Waals surface area contributed by atoms with Crippen LogP contribution in [0.5, 0.6) is 11.5 Å². The average Bonchev–Trinajstić information content (AvgIpc) is 2.64. The summed E-state index contributed by atoms with van der Waals surface area (Å²) in [6, 6.07) is 4.72. The van der Waals surface area contributed by atoms with Gasteiger partial charge in [0.25, 0.3) is 0 Å². The standard InChI is InChI=1S/C18H24F2N2O4/c1-24-15-5-2-4-14(17(15)26-18(19)20)6-7-16(23)21-8-3-9-22-10-12-25-13-11-22/h2,4-7,18H,3,8-13H2,1H3,(H,21,23)/b7-6+. The second-order valence-electron chi connectivity index (χ2n) is 5.69. The third-order valence-electron chi connectivity index (χ3n) is 3.90. The van der Waals surface area contributed by atoms with E-state index in [1.807, 2.05) is 0 Å². The number of nitrogens with one attached hydrogen (secondary N) is 1. The molecule has 144 valence electrons. The summed E-state index contributed by atoms with van der Waals surface area (Å²) < 4.78 is 40.0. The van der Waals surface area contributed by atoms with Crippen LogP contribution in [0.4, 0.5) is 8.78 Å². The number of alkyl halides is 2. The lowest BCUT2D eigenvalue weighted by molar-refractivity contribution is -0.116. The van der Waals surface area contributed by atoms with Gasteiger partial charge in [0.2, 0.25) is 5.91 Å². The lowest BCUT2D eigenvalue weighted by Crippen LogP contribution is -2.38. The van der Waals surface area contributed by atoms with E-state index in [0.29, 0.717) is 12.1 Å². The number of methoxy groups -OCH3 is 1. The molecule has 6 nitrogen and oxygen atoms in total. The van der Waals surface area contributed by atoms with E-state index in [-0.39, 0.29) is 17.4 Å². The molecule has 0 radical (unpaired) electrons. The Labute approximate surface area is 151 Å². The summed E-state index contributed by atoms with van der Waals surface area (Å²) in [5.74, 6) is -0.211. The number of amides is 1. The highest BCUT2D eigenvalue weighted by Gasteiger charge is 2.14. The van der Waals surface area contributed by atoms with Crippen LogP contribution in [0.2, 0.25) is 0 Å². The maximum atomic E-state index is 12.6. The summed E-state index contributed by atoms with van der Waals surface area (Å²) in [5.41, 5.74) is 0.341. The van der Waals surface area contributed by atoms with Crippen molar-refractivity contribution in [1.82, 2.24) is 10.2 Å². The molecule has 8 heteroatoms. The first-order valence-corrected chi connectivity index (χ1v) is 8.48. The van der Waals surface area contributed by atoms with Crippen molar-refractivity contribution in [3.8, 4) is 11.5 Å². The predicted molar refractivity (Wildman–Crippen MR) is 93.5 cm³/mol. The second kappa shape index (κ2) is 10.7. The van der Waals surface area contributed by atoms with Crippen molar-refractivity contribution >= 4 is 12.0 Å². The van der Waals surface area contributed by atoms with Gasteiger partial charge < -0.3 is 19.5 Å². The van der Waals surface area contributed by atoms with Gasteiger partial charge in [-0.05, 0) is 25.1 Å². The zero-order valence-corrected chi connectivity index (χ0v) is 14.7. The molecule has 1 heterocycles. The maximum absolute atomic E-state index is 12.6. The van der Waals surface area contributed by atoms with Gasteiger partial charge in [0.1, 0.15) is 0 Å². The van der Waals surface area contributed by atoms with Crippen LogP contribution < -0.4 is 14.8 Å². The number of halogens is 2. The van der Waals surface area contributed by atoms with E-state index in [0.717, 1.165) is 39.3 Å². The Bertz CT molecular complexity index is 605. The quantitative estimate of drug-likeness (QED) is 0.533. The Morgan fingerprint density at radius 2 is 2.15 bits per heavy atom. The van der Waals surface area contributed by atoms with Crippen LogP contribution in [-0.4, -0.2) is 63.9 Å². The lowest BCUT2D eigenvalue weighted by Gasteiger charge is -2.26. The number of para-hydroxylation sites is 1. The zero-order chi connectivity index (χ0) is 18.8. The summed E-state index contributed by atoms with van der Waals surface area (Å²) in [4.78, 5) is 14.2. The fourth-order valence-electron chi connectivity index (χ4n) is 2.60. The number of morpholine rings is 1. The van der Waals surface area contributed by atoms with Crippen molar-refractivity contribution < 1.29 is 27.8 Å². The van der Waals surface area contributed by atoms with Gasteiger partial charge in [-0.2, -0.15) is 8.78 Å². The van der Waals surface area contributed by atoms with E-state index in [4.69, 9.17) is 9.47 Å². The predicted octanol–water partition coefficient (Wildman–Crippen LogP) is 2.15. The van der Waals surface area contributed by atoms with Gasteiger partial charge in [-0.15, -0.1) is 0 Å². The molecule has 1 aliphatic rings. The minimum atomic E-state index is -2.98. The topological polar surface area (TPSA) is 60.0 Å². The number of carbonyl (C=O) groups is 1. The highest BCUT2D eigenvalue weighted by atomic mass is 19.3. The Morgan fingerprint density at radius 3 is 2.85 bits per heavy atom. The van der Waals surface area contributed by atoms with Gasteiger partial charge in [0.05, 0.1) is 20.3 Å². The van der Waals surface area contributed by atoms with Gasteiger partial charge in [-0.1, -0.05) is 12.1 Å². The molecular formula is C18H24F2N2O4. The first kappa shape index (κ1) is 20.1. The Kier molecular flexibility index (Phi) is 8.30. The van der Waals surface area contributed by atoms with Crippen molar-refractivity contribution in [3.63, 3.8) is 0 Å². The normalized spacial score (nSPS) is 15.4. The fraction of sp³-hybridized carbons (Fsp3) is 0.500. The van der Waals surface area contributed by atoms with Crippen LogP contribution in [0.1, 0.15) is 12.0 Å². The third-order valence-corrected chi connectivity index (χ3v) is 3.90. The molecule has 26 heavy (non-hydrogen) atoms. The molecule has 1 saturated heterocycles. The third kappa shape index (κ3) is 6.61. The molecule has 1 aromatic carbocycles. The molecule has 0 saturated carbocycles. The van der Waals surface area contributed by atoms with E-state index < -0.39 is 6.61 Å². The molecule has 0 atom stereocenters. The molecule has 0 aliphatic carbocycles. The van der Waals surface area contributed by atoms with E-state index >= 15 is 0 Å². The zero-order valence-electron chi connectivity index (χ0n) is 14.7. The number of nitrogens with zero attached hydrogens (tertiary/aromatic N) is 1. The van der Waals surface area contributed by atoms with E-state index in [2.05, 4.69) is 15.0 Å². The van der Waals surface area contributed by atoms with E-state index in [1.54, 1.807) is 12.1 Å². The largest absolute Gasteiger partial charge is 0.493 e. The summed E-state index contributed by atoms with van der Waals surface area (Å²) in [6.45, 7) is 1.78. The number of ether oxygens (including phenoxy) is 3. The molecule has 0 bridgehead atoms. The van der Waals surface area contributed by atoms with Crippen LogP contribution in [0.3, 0.4) is 0 Å². The second-order valence-corrected chi connectivity index (χ2v) is 5.69. The molecule has 2 rings (SSSR count). The number of rotatable bonds is 9. The van der Waals surface area contributed by atoms with Gasteiger partial charge in [-0.25, -0.2) is 0 Å². The van der Waals surface area contributed by atoms with Gasteiger partial charge in [0, 0.05) is 31.3 Å². The van der Waals surface area contributed by atoms with Crippen LogP contribution in [0.15, 0.2) is 24.3 Å². The van der Waals surface area contributed by atoms with Crippen molar-refractivity contribution in [3.05, 3.63) is 29.8 Å². The molecule has 1 aromatic rings. The Morgan fingerprint density at radius 1 is 1.38 bits per heavy atom. The highest BCUT2D eigenvalue weighted by molar-refractivity contribution is 5.92. The summed E-state index contributed by atoms with van der Waals surface area (Å²) in [6.07, 6.45) is 3.55. The number of hydrogen-bond acceptors (Lipinski definition) is 5. The van der Waals surface area contributed by atoms with E-state index in [9.17, 15) is 13.6 Å². The van der Waals surface area contributed by atoms with Gasteiger partial charge >= 0.3 is 6.61 Å². The summed E-state index contributed by atoms with van der Waals surface area (Å²) in [7, 11) is 1.36. The van der Waals surface area contributed by atoms with Gasteiger partial charge in [0.15, 0.2) is 11.5 Å². The molecule has 1 fully saturated rings. The Balaban J connectivity index is 1.83. The smallest absolute Gasteiger partial charge is 0.387 e. The number of hydrogen-bond donors (Lipinski definition) is 1. The molecule has 1 N–H and O–H groups in total. The van der Waals surface area contributed by atoms with Crippen LogP contribution in [0, 0.1) is 0 Å². The Hall–Kier alpha value is -2.19. The SMILES string of the molecule is COc1cccc(/C=C/C(=O)NCCCN2CCOCC2)c1OC(F)F. The van der Waals surface area contributed by atoms with Gasteiger partial charge in [-0.3, -0.25) is 9.69 Å². The molecular weight excluding hydrogens is 346 g/mol. The minimum Gasteiger partial charge on any atom is -0.493 e. The van der Waals surface area contributed by atoms with Crippen molar-refractivity contribution in [2.24, 2.45) is 0 Å². The molecule has 1 aliphatic heterocycles. The summed E-state index contributed by atoms with van der Waals surface area (Å²) >= 11 is 0. The molecule has 0 spiro atoms. The minimum absolute atomic E-state index is 0.0960. The number of benzene rings is 1. The van der Waals surface area contributed by atoms with Crippen molar-refractivity contribution in [2.45, 2.75) is 13.0 Å². The van der Waals surface area contributed by atoms with Crippen LogP contribution in [0.25, 0.3) is 6.08 Å². The molecule has 1 amide bonds. The maximum Gasteiger partial charge on any atom is 0.387 e. The average molecular weight is 370 g/mol. The van der Waals surface area contributed by atoms with E-state index in [1.165, 1.54) is 25.3 Å².